The number of hydrogen-bond donors (Lipinski definition) is 1. The van der Waals surface area contributed by atoms with Crippen molar-refractivity contribution in [2.24, 2.45) is 11.3 Å². The summed E-state index contributed by atoms with van der Waals surface area (Å²) in [6, 6.07) is 22.0. The minimum absolute atomic E-state index is 0.174. The van der Waals surface area contributed by atoms with Gasteiger partial charge in [-0.2, -0.15) is 0 Å². The van der Waals surface area contributed by atoms with Crippen LogP contribution < -0.4 is 9.47 Å². The van der Waals surface area contributed by atoms with E-state index in [9.17, 15) is 14.7 Å². The van der Waals surface area contributed by atoms with E-state index in [1.165, 1.54) is 37.0 Å². The number of benzene rings is 3. The van der Waals surface area contributed by atoms with E-state index in [2.05, 4.69) is 0 Å². The average molecular weight is 526 g/mol. The molecule has 1 amide bonds. The van der Waals surface area contributed by atoms with Gasteiger partial charge in [0.2, 0.25) is 5.91 Å². The quantitative estimate of drug-likeness (QED) is 0.401. The van der Waals surface area contributed by atoms with Crippen LogP contribution in [0.2, 0.25) is 0 Å². The Balaban J connectivity index is 1.30. The van der Waals surface area contributed by atoms with Crippen LogP contribution in [0.5, 0.6) is 11.5 Å². The maximum atomic E-state index is 14.2. The topological polar surface area (TPSA) is 76.1 Å². The zero-order chi connectivity index (χ0) is 27.0. The minimum atomic E-state index is -1.02. The molecule has 2 saturated carbocycles. The fourth-order valence-electron chi connectivity index (χ4n) is 6.89. The molecule has 0 bridgehead atoms. The molecule has 0 saturated heterocycles. The molecule has 39 heavy (non-hydrogen) atoms. The molecule has 1 aliphatic heterocycles. The smallest absolute Gasteiger partial charge is 0.326 e. The summed E-state index contributed by atoms with van der Waals surface area (Å²) in [4.78, 5) is 28.3. The van der Waals surface area contributed by atoms with E-state index in [4.69, 9.17) is 9.47 Å². The average Bonchev–Trinajstić information content (AvgIpc) is 2.91. The minimum Gasteiger partial charge on any atom is -0.493 e. The molecule has 6 rings (SSSR count). The largest absolute Gasteiger partial charge is 0.493 e. The Morgan fingerprint density at radius 2 is 1.62 bits per heavy atom. The Kier molecular flexibility index (Phi) is 6.79. The number of methoxy groups -OCH3 is 1. The van der Waals surface area contributed by atoms with Gasteiger partial charge in [0.15, 0.2) is 11.5 Å². The Morgan fingerprint density at radius 3 is 2.15 bits per heavy atom. The van der Waals surface area contributed by atoms with Crippen molar-refractivity contribution in [1.82, 2.24) is 4.90 Å². The zero-order valence-corrected chi connectivity index (χ0v) is 22.3. The Labute approximate surface area is 229 Å². The first-order valence-corrected chi connectivity index (χ1v) is 13.9. The van der Waals surface area contributed by atoms with E-state index in [1.807, 2.05) is 72.8 Å². The number of carboxylic acid groups (broad SMARTS) is 1. The fraction of sp³-hybridized carbons (Fsp3) is 0.394. The molecule has 6 nitrogen and oxygen atoms in total. The third kappa shape index (κ3) is 4.77. The first-order valence-electron chi connectivity index (χ1n) is 13.9. The zero-order valence-electron chi connectivity index (χ0n) is 22.3. The predicted molar refractivity (Wildman–Crippen MR) is 148 cm³/mol. The van der Waals surface area contributed by atoms with Crippen molar-refractivity contribution < 1.29 is 24.2 Å². The van der Waals surface area contributed by atoms with Crippen LogP contribution in [0.15, 0.2) is 72.8 Å². The summed E-state index contributed by atoms with van der Waals surface area (Å²) < 4.78 is 12.0. The number of carboxylic acids is 1. The van der Waals surface area contributed by atoms with Crippen LogP contribution in [0.1, 0.15) is 60.3 Å². The number of hydrogen-bond acceptors (Lipinski definition) is 4. The van der Waals surface area contributed by atoms with Gasteiger partial charge in [0.1, 0.15) is 6.04 Å². The number of ether oxygens (including phenoxy) is 2. The van der Waals surface area contributed by atoms with E-state index in [-0.39, 0.29) is 18.9 Å². The lowest BCUT2D eigenvalue weighted by Crippen LogP contribution is -2.50. The van der Waals surface area contributed by atoms with Gasteiger partial charge in [-0.05, 0) is 59.8 Å². The molecular formula is C33H35NO5. The normalized spacial score (nSPS) is 19.6. The molecule has 6 heteroatoms. The number of nitrogens with zero attached hydrogens (tertiary/aromatic N) is 1. The lowest BCUT2D eigenvalue weighted by Gasteiger charge is -2.54. The van der Waals surface area contributed by atoms with Crippen LogP contribution in [0.4, 0.5) is 0 Å². The molecule has 1 heterocycles. The van der Waals surface area contributed by atoms with Gasteiger partial charge < -0.3 is 19.5 Å². The van der Waals surface area contributed by atoms with E-state index in [0.29, 0.717) is 29.4 Å². The highest BCUT2D eigenvalue weighted by Gasteiger charge is 2.48. The van der Waals surface area contributed by atoms with Crippen molar-refractivity contribution in [2.75, 3.05) is 13.7 Å². The summed E-state index contributed by atoms with van der Waals surface area (Å²) >= 11 is 0. The molecule has 1 spiro atoms. The van der Waals surface area contributed by atoms with Crippen LogP contribution in [0.25, 0.3) is 0 Å². The number of aliphatic carboxylic acids is 1. The van der Waals surface area contributed by atoms with Crippen LogP contribution in [-0.2, 0) is 22.6 Å². The summed E-state index contributed by atoms with van der Waals surface area (Å²) in [5.41, 5.74) is 3.98. The van der Waals surface area contributed by atoms with Gasteiger partial charge >= 0.3 is 5.97 Å². The highest BCUT2D eigenvalue weighted by molar-refractivity contribution is 5.91. The number of carbonyl (C=O) groups excluding carboxylic acids is 1. The van der Waals surface area contributed by atoms with E-state index < -0.39 is 17.9 Å². The molecule has 2 fully saturated rings. The van der Waals surface area contributed by atoms with Crippen LogP contribution >= 0.6 is 0 Å². The summed E-state index contributed by atoms with van der Waals surface area (Å²) in [7, 11) is 1.61. The molecular weight excluding hydrogens is 490 g/mol. The van der Waals surface area contributed by atoms with Crippen LogP contribution in [0, 0.1) is 11.3 Å². The maximum Gasteiger partial charge on any atom is 0.326 e. The molecule has 2 aliphatic carbocycles. The number of carbonyl (C=O) groups is 2. The molecule has 202 valence electrons. The van der Waals surface area contributed by atoms with E-state index in [1.54, 1.807) is 7.11 Å². The molecule has 3 aliphatic rings. The van der Waals surface area contributed by atoms with Crippen molar-refractivity contribution in [2.45, 2.75) is 57.0 Å². The predicted octanol–water partition coefficient (Wildman–Crippen LogP) is 5.82. The second-order valence-electron chi connectivity index (χ2n) is 11.5. The van der Waals surface area contributed by atoms with Gasteiger partial charge in [-0.1, -0.05) is 73.2 Å². The van der Waals surface area contributed by atoms with Gasteiger partial charge in [-0.3, -0.25) is 4.79 Å². The second kappa shape index (κ2) is 10.4. The Bertz CT molecular complexity index is 1300. The molecule has 1 N–H and O–H groups in total. The SMILES string of the molecule is COc1ccc2c(c1OCC1CC3(CCC3)C1)CC(C(=O)O)N(C(=O)C(c1ccccc1)c1ccccc1)C2. The Hall–Kier alpha value is -3.80. The van der Waals surface area contributed by atoms with Crippen molar-refractivity contribution in [1.29, 1.82) is 0 Å². The monoisotopic (exact) mass is 525 g/mol. The van der Waals surface area contributed by atoms with Gasteiger partial charge in [0, 0.05) is 18.5 Å². The first-order chi connectivity index (χ1) is 19.0. The van der Waals surface area contributed by atoms with Crippen LogP contribution in [-0.4, -0.2) is 41.6 Å². The molecule has 1 unspecified atom stereocenters. The van der Waals surface area contributed by atoms with E-state index >= 15 is 0 Å². The lowest BCUT2D eigenvalue weighted by molar-refractivity contribution is -0.151. The lowest BCUT2D eigenvalue weighted by atomic mass is 9.52. The third-order valence-corrected chi connectivity index (χ3v) is 9.06. The number of amides is 1. The van der Waals surface area contributed by atoms with Gasteiger partial charge in [0.25, 0.3) is 0 Å². The number of fused-ring (bicyclic) bond motifs is 1. The van der Waals surface area contributed by atoms with Gasteiger partial charge in [-0.15, -0.1) is 0 Å². The molecule has 0 aromatic heterocycles. The number of rotatable bonds is 8. The summed E-state index contributed by atoms with van der Waals surface area (Å²) in [6.45, 7) is 0.813. The fourth-order valence-corrected chi connectivity index (χ4v) is 6.89. The highest BCUT2D eigenvalue weighted by atomic mass is 16.5. The maximum absolute atomic E-state index is 14.2. The van der Waals surface area contributed by atoms with Crippen LogP contribution in [0.3, 0.4) is 0 Å². The standard InChI is InChI=1S/C33H35NO5/c1-38-28-14-13-25-20-34(31(35)29(23-9-4-2-5-10-23)24-11-6-3-7-12-24)27(32(36)37)17-26(25)30(28)39-21-22-18-33(19-22)15-8-16-33/h2-7,9-14,22,27,29H,8,15-21H2,1H3,(H,36,37). The van der Waals surface area contributed by atoms with Crippen molar-refractivity contribution >= 4 is 11.9 Å². The first kappa shape index (κ1) is 25.5. The summed E-state index contributed by atoms with van der Waals surface area (Å²) in [6.07, 6.45) is 6.62. The summed E-state index contributed by atoms with van der Waals surface area (Å²) in [5, 5.41) is 10.3. The van der Waals surface area contributed by atoms with Crippen molar-refractivity contribution in [3.8, 4) is 11.5 Å². The van der Waals surface area contributed by atoms with Gasteiger partial charge in [-0.25, -0.2) is 4.79 Å². The molecule has 3 aromatic carbocycles. The van der Waals surface area contributed by atoms with Gasteiger partial charge in [0.05, 0.1) is 19.6 Å². The van der Waals surface area contributed by atoms with Crippen molar-refractivity contribution in [3.63, 3.8) is 0 Å². The molecule has 0 radical (unpaired) electrons. The highest BCUT2D eigenvalue weighted by Crippen LogP contribution is 2.58. The van der Waals surface area contributed by atoms with Crippen molar-refractivity contribution in [3.05, 3.63) is 95.1 Å². The summed E-state index contributed by atoms with van der Waals surface area (Å²) in [5.74, 6) is -0.0625. The molecule has 1 atom stereocenters. The molecule has 3 aromatic rings. The van der Waals surface area contributed by atoms with E-state index in [0.717, 1.165) is 22.3 Å². The second-order valence-corrected chi connectivity index (χ2v) is 11.5. The Morgan fingerprint density at radius 1 is 0.974 bits per heavy atom. The third-order valence-electron chi connectivity index (χ3n) is 9.06.